The molecule has 0 aliphatic rings. The summed E-state index contributed by atoms with van der Waals surface area (Å²) < 4.78 is 56.0. The van der Waals surface area contributed by atoms with E-state index in [2.05, 4.69) is 24.5 Å². The molecule has 2 unspecified atom stereocenters. The zero-order valence-corrected chi connectivity index (χ0v) is 47.5. The Morgan fingerprint density at radius 3 is 0.986 bits per heavy atom. The molecule has 0 radical (unpaired) electrons. The number of carbonyl (C=O) groups excluding carboxylic acids is 6. The van der Waals surface area contributed by atoms with E-state index in [0.29, 0.717) is 38.5 Å². The van der Waals surface area contributed by atoms with Gasteiger partial charge in [0.25, 0.3) is 0 Å². The van der Waals surface area contributed by atoms with E-state index in [9.17, 15) is 38.2 Å². The summed E-state index contributed by atoms with van der Waals surface area (Å²) in [6, 6.07) is 0. The van der Waals surface area contributed by atoms with Crippen molar-refractivity contribution >= 4 is 43.9 Å². The molecule has 18 nitrogen and oxygen atoms in total. The SMILES string of the molecule is CCCCCCCCCCCCCC(=O)OC[C@H](COP(=O)(O)OCC(COC(=O)CCCCNC(=O)OC(C)(C)C)OC(=O)CCCCNC(=O)OC(C)(C)C)OC(=O)CCCCCCCCCCCCC. The van der Waals surface area contributed by atoms with E-state index < -0.39 is 93.7 Å². The maximum Gasteiger partial charge on any atom is 0.472 e. The number of nitrogens with one attached hydrogen (secondary N) is 2. The molecule has 0 saturated carbocycles. The summed E-state index contributed by atoms with van der Waals surface area (Å²) in [5.41, 5.74) is -1.32. The van der Waals surface area contributed by atoms with Crippen molar-refractivity contribution in [3.05, 3.63) is 0 Å². The Kier molecular flexibility index (Phi) is 41.7. The number of phosphoric ester groups is 1. The van der Waals surface area contributed by atoms with Crippen LogP contribution in [0.2, 0.25) is 0 Å². The van der Waals surface area contributed by atoms with E-state index in [4.69, 9.17) is 37.5 Å². The molecule has 2 amide bonds. The number of hydrogen-bond donors (Lipinski definition) is 3. The second kappa shape index (κ2) is 43.7. The lowest BCUT2D eigenvalue weighted by Crippen LogP contribution is -2.33. The van der Waals surface area contributed by atoms with Gasteiger partial charge in [0.2, 0.25) is 0 Å². The summed E-state index contributed by atoms with van der Waals surface area (Å²) >= 11 is 0. The van der Waals surface area contributed by atoms with Crippen molar-refractivity contribution in [1.29, 1.82) is 0 Å². The summed E-state index contributed by atoms with van der Waals surface area (Å²) in [6.07, 6.45) is 22.6. The number of carbonyl (C=O) groups is 6. The molecule has 19 heteroatoms. The van der Waals surface area contributed by atoms with Crippen LogP contribution in [0, 0.1) is 0 Å². The van der Waals surface area contributed by atoms with Crippen LogP contribution in [-0.2, 0) is 61.2 Å². The number of rotatable bonds is 46. The molecular formula is C54H101N2O16P. The highest BCUT2D eigenvalue weighted by molar-refractivity contribution is 7.47. The van der Waals surface area contributed by atoms with Gasteiger partial charge in [-0.3, -0.25) is 28.2 Å². The highest BCUT2D eigenvalue weighted by atomic mass is 31.2. The first-order valence-electron chi connectivity index (χ1n) is 27.9. The number of amides is 2. The van der Waals surface area contributed by atoms with Gasteiger partial charge in [-0.15, -0.1) is 0 Å². The topological polar surface area (TPSA) is 238 Å². The van der Waals surface area contributed by atoms with Crippen molar-refractivity contribution in [2.75, 3.05) is 39.5 Å². The van der Waals surface area contributed by atoms with Gasteiger partial charge >= 0.3 is 43.9 Å². The van der Waals surface area contributed by atoms with Crippen LogP contribution < -0.4 is 10.6 Å². The zero-order chi connectivity index (χ0) is 54.6. The van der Waals surface area contributed by atoms with E-state index in [-0.39, 0.29) is 38.8 Å². The minimum absolute atomic E-state index is 0.0347. The third kappa shape index (κ3) is 49.2. The Labute approximate surface area is 439 Å². The largest absolute Gasteiger partial charge is 0.472 e. The van der Waals surface area contributed by atoms with Crippen molar-refractivity contribution in [3.8, 4) is 0 Å². The van der Waals surface area contributed by atoms with Crippen molar-refractivity contribution in [3.63, 3.8) is 0 Å². The first-order valence-corrected chi connectivity index (χ1v) is 29.4. The summed E-state index contributed by atoms with van der Waals surface area (Å²) in [4.78, 5) is 85.8. The zero-order valence-electron chi connectivity index (χ0n) is 46.6. The molecule has 0 bridgehead atoms. The lowest BCUT2D eigenvalue weighted by Gasteiger charge is -2.22. The Morgan fingerprint density at radius 2 is 0.685 bits per heavy atom. The fraction of sp³-hybridized carbons (Fsp3) is 0.889. The first kappa shape index (κ1) is 69.5. The average molecular weight is 1070 g/mol. The predicted molar refractivity (Wildman–Crippen MR) is 282 cm³/mol. The van der Waals surface area contributed by atoms with Crippen molar-refractivity contribution < 1.29 is 75.7 Å². The number of esters is 4. The van der Waals surface area contributed by atoms with Crippen LogP contribution in [0.5, 0.6) is 0 Å². The van der Waals surface area contributed by atoms with Gasteiger partial charge in [0.1, 0.15) is 24.4 Å². The standard InChI is InChI=1S/C54H101N2O16P/c1-9-11-13-15-17-19-21-23-25-27-29-35-47(57)65-41-45(69-49(59)37-30-28-26-24-22-20-18-16-14-12-10-2)43-67-73(63,64)68-44-46(70-50(60)38-32-34-40-56-52(62)72-54(6,7)8)42-66-48(58)36-31-33-39-55-51(61)71-53(3,4)5/h45-46H,9-44H2,1-8H3,(H,55,61)(H,56,62)(H,63,64)/t45-,46?/m1/s1. The van der Waals surface area contributed by atoms with Gasteiger partial charge in [0.05, 0.1) is 13.2 Å². The molecule has 0 aliphatic carbocycles. The van der Waals surface area contributed by atoms with Gasteiger partial charge in [-0.05, 0) is 80.1 Å². The maximum absolute atomic E-state index is 13.2. The van der Waals surface area contributed by atoms with Crippen LogP contribution in [0.15, 0.2) is 0 Å². The predicted octanol–water partition coefficient (Wildman–Crippen LogP) is 12.8. The number of ether oxygens (including phenoxy) is 6. The molecule has 428 valence electrons. The van der Waals surface area contributed by atoms with Gasteiger partial charge in [-0.2, -0.15) is 0 Å². The summed E-state index contributed by atoms with van der Waals surface area (Å²) in [5.74, 6) is -2.41. The van der Waals surface area contributed by atoms with Gasteiger partial charge in [0, 0.05) is 38.8 Å². The molecule has 0 aromatic heterocycles. The molecule has 0 aliphatic heterocycles. The molecule has 0 spiro atoms. The van der Waals surface area contributed by atoms with Crippen LogP contribution in [0.25, 0.3) is 0 Å². The van der Waals surface area contributed by atoms with Crippen LogP contribution in [-0.4, -0.2) is 104 Å². The summed E-state index contributed by atoms with van der Waals surface area (Å²) in [7, 11) is -4.93. The minimum atomic E-state index is -4.93. The van der Waals surface area contributed by atoms with Crippen LogP contribution in [0.3, 0.4) is 0 Å². The van der Waals surface area contributed by atoms with E-state index in [1.807, 2.05) is 0 Å². The number of alkyl carbamates (subject to hydrolysis) is 2. The summed E-state index contributed by atoms with van der Waals surface area (Å²) in [6.45, 7) is 13.1. The number of phosphoric acid groups is 1. The highest BCUT2D eigenvalue weighted by Crippen LogP contribution is 2.43. The molecule has 3 N–H and O–H groups in total. The molecule has 0 rings (SSSR count). The van der Waals surface area contributed by atoms with E-state index in [1.54, 1.807) is 41.5 Å². The fourth-order valence-electron chi connectivity index (χ4n) is 7.30. The quantitative estimate of drug-likeness (QED) is 0.0222. The Morgan fingerprint density at radius 1 is 0.411 bits per heavy atom. The second-order valence-electron chi connectivity index (χ2n) is 21.0. The number of unbranched alkanes of at least 4 members (excludes halogenated alkanes) is 22. The molecule has 0 heterocycles. The third-order valence-electron chi connectivity index (χ3n) is 11.2. The second-order valence-corrected chi connectivity index (χ2v) is 22.4. The average Bonchev–Trinajstić information content (AvgIpc) is 3.30. The normalized spacial score (nSPS) is 13.3. The van der Waals surface area contributed by atoms with Crippen molar-refractivity contribution in [2.45, 2.75) is 271 Å². The van der Waals surface area contributed by atoms with E-state index >= 15 is 0 Å². The molecule has 0 aromatic rings. The molecular weight excluding hydrogens is 964 g/mol. The van der Waals surface area contributed by atoms with Crippen LogP contribution in [0.1, 0.15) is 248 Å². The maximum atomic E-state index is 13.2. The van der Waals surface area contributed by atoms with E-state index in [0.717, 1.165) is 44.9 Å². The van der Waals surface area contributed by atoms with Gasteiger partial charge in [-0.1, -0.05) is 142 Å². The lowest BCUT2D eigenvalue weighted by atomic mass is 10.1. The van der Waals surface area contributed by atoms with Gasteiger partial charge in [0.15, 0.2) is 12.2 Å². The molecule has 73 heavy (non-hydrogen) atoms. The highest BCUT2D eigenvalue weighted by Gasteiger charge is 2.29. The number of hydrogen-bond acceptors (Lipinski definition) is 15. The molecule has 0 aromatic carbocycles. The van der Waals surface area contributed by atoms with Gasteiger partial charge < -0.3 is 43.9 Å². The smallest absolute Gasteiger partial charge is 0.462 e. The minimum Gasteiger partial charge on any atom is -0.462 e. The Hall–Kier alpha value is -3.47. The van der Waals surface area contributed by atoms with Crippen molar-refractivity contribution in [2.24, 2.45) is 0 Å². The molecule has 0 saturated heterocycles. The third-order valence-corrected chi connectivity index (χ3v) is 12.2. The fourth-order valence-corrected chi connectivity index (χ4v) is 8.08. The lowest BCUT2D eigenvalue weighted by molar-refractivity contribution is -0.162. The van der Waals surface area contributed by atoms with Crippen LogP contribution in [0.4, 0.5) is 9.59 Å². The van der Waals surface area contributed by atoms with Crippen molar-refractivity contribution in [1.82, 2.24) is 10.6 Å². The Balaban J connectivity index is 5.44. The first-order chi connectivity index (χ1) is 34.6. The summed E-state index contributed by atoms with van der Waals surface area (Å²) in [5, 5.41) is 5.22. The van der Waals surface area contributed by atoms with Gasteiger partial charge in [-0.25, -0.2) is 14.2 Å². The van der Waals surface area contributed by atoms with E-state index in [1.165, 1.54) is 83.5 Å². The molecule has 3 atom stereocenters. The Bertz CT molecular complexity index is 1520. The monoisotopic (exact) mass is 1060 g/mol. The molecule has 0 fully saturated rings. The van der Waals surface area contributed by atoms with Crippen LogP contribution >= 0.6 is 7.82 Å².